The van der Waals surface area contributed by atoms with Gasteiger partial charge in [-0.25, -0.2) is 0 Å². The molecule has 0 spiro atoms. The van der Waals surface area contributed by atoms with Gasteiger partial charge in [0.2, 0.25) is 0 Å². The van der Waals surface area contributed by atoms with Crippen LogP contribution in [0.1, 0.15) is 16.7 Å². The van der Waals surface area contributed by atoms with Gasteiger partial charge >= 0.3 is 51.4 Å². The number of rotatable bonds is 8. The summed E-state index contributed by atoms with van der Waals surface area (Å²) >= 11 is 0. The summed E-state index contributed by atoms with van der Waals surface area (Å²) in [5.41, 5.74) is -5.08. The Kier molecular flexibility index (Phi) is 7.62. The Morgan fingerprint density at radius 1 is 0.643 bits per heavy atom. The molecule has 3 rings (SSSR count). The number of oxime groups is 1. The van der Waals surface area contributed by atoms with E-state index < -0.39 is 74.7 Å². The number of halogens is 16. The SMILES string of the molecule is O=S(=O)(ON=C(c1cccc2c1Cc1ccccc1-2)C(F)(F)C(F)(F)C(F)(F)F)C(F)(F)C(F)(F)C(F)(F)C(F)(F)F. The summed E-state index contributed by atoms with van der Waals surface area (Å²) in [6.45, 7) is 0. The van der Waals surface area contributed by atoms with Crippen molar-refractivity contribution in [2.45, 2.75) is 47.7 Å². The molecule has 1 aliphatic carbocycles. The van der Waals surface area contributed by atoms with Crippen molar-refractivity contribution in [3.05, 3.63) is 59.2 Å². The van der Waals surface area contributed by atoms with E-state index in [0.717, 1.165) is 6.07 Å². The van der Waals surface area contributed by atoms with Gasteiger partial charge in [0, 0.05) is 5.56 Å². The van der Waals surface area contributed by atoms with Gasteiger partial charge in [0.15, 0.2) is 5.71 Å². The molecule has 0 saturated heterocycles. The quantitative estimate of drug-likeness (QED) is 0.143. The lowest BCUT2D eigenvalue weighted by atomic mass is 9.92. The zero-order valence-electron chi connectivity index (χ0n) is 19.4. The predicted octanol–water partition coefficient (Wildman–Crippen LogP) is 7.57. The first kappa shape index (κ1) is 33.2. The maximum absolute atomic E-state index is 14.8. The minimum absolute atomic E-state index is 0.161. The smallest absolute Gasteiger partial charge is 0.263 e. The predicted molar refractivity (Wildman–Crippen MR) is 108 cm³/mol. The van der Waals surface area contributed by atoms with Gasteiger partial charge in [0.1, 0.15) is 0 Å². The van der Waals surface area contributed by atoms with Crippen molar-refractivity contribution in [3.63, 3.8) is 0 Å². The van der Waals surface area contributed by atoms with Gasteiger partial charge in [-0.2, -0.15) is 78.7 Å². The summed E-state index contributed by atoms with van der Waals surface area (Å²) in [6, 6.07) is 7.42. The van der Waals surface area contributed by atoms with E-state index in [1.165, 1.54) is 24.3 Å². The van der Waals surface area contributed by atoms with E-state index in [0.29, 0.717) is 12.1 Å². The topological polar surface area (TPSA) is 55.7 Å². The van der Waals surface area contributed by atoms with Gasteiger partial charge < -0.3 is 0 Å². The van der Waals surface area contributed by atoms with Crippen LogP contribution >= 0.6 is 0 Å². The van der Waals surface area contributed by atoms with Gasteiger partial charge in [0.05, 0.1) is 0 Å². The van der Waals surface area contributed by atoms with Gasteiger partial charge in [-0.15, -0.1) is 0 Å². The molecule has 2 aromatic rings. The first-order valence-corrected chi connectivity index (χ1v) is 11.8. The van der Waals surface area contributed by atoms with Gasteiger partial charge in [-0.1, -0.05) is 47.6 Å². The minimum Gasteiger partial charge on any atom is -0.263 e. The molecule has 234 valence electrons. The second-order valence-corrected chi connectivity index (χ2v) is 10.0. The molecule has 0 amide bonds. The van der Waals surface area contributed by atoms with Crippen molar-refractivity contribution >= 4 is 15.8 Å². The average molecular weight is 659 g/mol. The third-order valence-electron chi connectivity index (χ3n) is 5.81. The third-order valence-corrected chi connectivity index (χ3v) is 6.97. The Labute approximate surface area is 222 Å². The molecule has 0 atom stereocenters. The van der Waals surface area contributed by atoms with E-state index in [2.05, 4.69) is 4.28 Å². The molecule has 0 heterocycles. The summed E-state index contributed by atoms with van der Waals surface area (Å²) in [5, 5.41) is -6.05. The number of alkyl halides is 16. The van der Waals surface area contributed by atoms with Crippen molar-refractivity contribution < 1.29 is 82.9 Å². The normalized spacial score (nSPS) is 15.9. The molecule has 0 aromatic heterocycles. The van der Waals surface area contributed by atoms with Crippen molar-refractivity contribution in [2.24, 2.45) is 5.16 Å². The monoisotopic (exact) mass is 659 g/mol. The summed E-state index contributed by atoms with van der Waals surface area (Å²) in [6.07, 6.45) is -15.3. The molecule has 0 radical (unpaired) electrons. The van der Waals surface area contributed by atoms with Crippen LogP contribution in [0.15, 0.2) is 47.6 Å². The lowest BCUT2D eigenvalue weighted by Crippen LogP contribution is -2.63. The van der Waals surface area contributed by atoms with E-state index in [1.54, 1.807) is 5.16 Å². The van der Waals surface area contributed by atoms with Crippen molar-refractivity contribution in [3.8, 4) is 11.1 Å². The van der Waals surface area contributed by atoms with Crippen LogP contribution in [0.3, 0.4) is 0 Å². The van der Waals surface area contributed by atoms with Crippen LogP contribution in [-0.4, -0.2) is 55.4 Å². The fourth-order valence-corrected chi connectivity index (χ4v) is 4.34. The maximum atomic E-state index is 14.8. The summed E-state index contributed by atoms with van der Waals surface area (Å²) in [7, 11) is -8.08. The highest BCUT2D eigenvalue weighted by atomic mass is 32.2. The summed E-state index contributed by atoms with van der Waals surface area (Å²) < 4.78 is 241. The van der Waals surface area contributed by atoms with E-state index in [-0.39, 0.29) is 16.7 Å². The van der Waals surface area contributed by atoms with Crippen molar-refractivity contribution in [1.82, 2.24) is 0 Å². The highest BCUT2D eigenvalue weighted by Gasteiger charge is 2.86. The Hall–Kier alpha value is -3.26. The van der Waals surface area contributed by atoms with Gasteiger partial charge in [-0.3, -0.25) is 4.28 Å². The second kappa shape index (κ2) is 9.63. The average Bonchev–Trinajstić information content (AvgIpc) is 3.21. The molecule has 0 bridgehead atoms. The van der Waals surface area contributed by atoms with Gasteiger partial charge in [-0.05, 0) is 28.7 Å². The van der Waals surface area contributed by atoms with Crippen LogP contribution in [0.4, 0.5) is 70.2 Å². The Morgan fingerprint density at radius 2 is 1.14 bits per heavy atom. The molecule has 0 unspecified atom stereocenters. The molecule has 2 aromatic carbocycles. The fraction of sp³-hybridized carbons (Fsp3) is 0.381. The number of hydrogen-bond acceptors (Lipinski definition) is 4. The number of benzene rings is 2. The van der Waals surface area contributed by atoms with Crippen molar-refractivity contribution in [2.75, 3.05) is 0 Å². The minimum atomic E-state index is -8.08. The lowest BCUT2D eigenvalue weighted by molar-refractivity contribution is -0.382. The first-order valence-electron chi connectivity index (χ1n) is 10.4. The zero-order chi connectivity index (χ0) is 32.5. The highest BCUT2D eigenvalue weighted by Crippen LogP contribution is 2.55. The lowest BCUT2D eigenvalue weighted by Gasteiger charge is -2.32. The fourth-order valence-electron chi connectivity index (χ4n) is 3.63. The van der Waals surface area contributed by atoms with E-state index >= 15 is 0 Å². The first-order chi connectivity index (χ1) is 18.7. The van der Waals surface area contributed by atoms with Crippen LogP contribution in [0.25, 0.3) is 11.1 Å². The second-order valence-electron chi connectivity index (χ2n) is 8.44. The summed E-state index contributed by atoms with van der Waals surface area (Å²) in [5.74, 6) is -29.8. The van der Waals surface area contributed by atoms with Gasteiger partial charge in [0.25, 0.3) is 0 Å². The Balaban J connectivity index is 2.26. The molecular formula is C21H9F16NO3S. The van der Waals surface area contributed by atoms with Crippen LogP contribution in [0.5, 0.6) is 0 Å². The molecule has 0 fully saturated rings. The number of nitrogens with zero attached hydrogens (tertiary/aromatic N) is 1. The molecule has 42 heavy (non-hydrogen) atoms. The molecule has 0 aliphatic heterocycles. The van der Waals surface area contributed by atoms with Crippen LogP contribution in [0, 0.1) is 0 Å². The van der Waals surface area contributed by atoms with E-state index in [1.807, 2.05) is 0 Å². The molecule has 21 heteroatoms. The van der Waals surface area contributed by atoms with Crippen LogP contribution in [-0.2, 0) is 20.8 Å². The number of fused-ring (bicyclic) bond motifs is 3. The maximum Gasteiger partial charge on any atom is 0.460 e. The molecular weight excluding hydrogens is 650 g/mol. The van der Waals surface area contributed by atoms with Crippen molar-refractivity contribution in [1.29, 1.82) is 0 Å². The van der Waals surface area contributed by atoms with E-state index in [4.69, 9.17) is 0 Å². The van der Waals surface area contributed by atoms with Crippen LogP contribution in [0.2, 0.25) is 0 Å². The summed E-state index contributed by atoms with van der Waals surface area (Å²) in [4.78, 5) is 0. The standard InChI is InChI=1S/C21H9F16NO3S/c22-15(23,16(24,25)19(30,31)32)14(12-7-3-6-11-10-5-2-1-4-9(10)8-13(11)12)38-41-42(39,40)21(36,37)18(28,29)17(26,27)20(33,34)35/h1-7H,8H2. The zero-order valence-corrected chi connectivity index (χ0v) is 20.2. The largest absolute Gasteiger partial charge is 0.460 e. The Bertz CT molecular complexity index is 1510. The van der Waals surface area contributed by atoms with Crippen LogP contribution < -0.4 is 0 Å². The molecule has 4 nitrogen and oxygen atoms in total. The number of hydrogen-bond donors (Lipinski definition) is 0. The molecule has 0 N–H and O–H groups in total. The Morgan fingerprint density at radius 3 is 1.67 bits per heavy atom. The molecule has 1 aliphatic rings. The third kappa shape index (κ3) is 4.72. The van der Waals surface area contributed by atoms with E-state index in [9.17, 15) is 78.7 Å². The molecule has 0 saturated carbocycles. The highest BCUT2D eigenvalue weighted by molar-refractivity contribution is 7.87.